The maximum Gasteiger partial charge on any atom is 0.181 e. The molecule has 13 heavy (non-hydrogen) atoms. The van der Waals surface area contributed by atoms with E-state index in [0.29, 0.717) is 0 Å². The molecule has 1 aromatic carbocycles. The standard InChI is InChI=1S/C10H9NO2/c12-5-8-3-1-2-4-9(8)10-6-13-7-11-10/h1-4,6-7,12H,5H2. The lowest BCUT2D eigenvalue weighted by Gasteiger charge is -2.01. The van der Waals surface area contributed by atoms with E-state index in [4.69, 9.17) is 9.52 Å². The topological polar surface area (TPSA) is 46.3 Å². The van der Waals surface area contributed by atoms with E-state index in [1.165, 1.54) is 6.39 Å². The zero-order valence-electron chi connectivity index (χ0n) is 6.97. The summed E-state index contributed by atoms with van der Waals surface area (Å²) in [5.41, 5.74) is 2.53. The number of hydrogen-bond acceptors (Lipinski definition) is 3. The van der Waals surface area contributed by atoms with Crippen LogP contribution in [0.5, 0.6) is 0 Å². The number of aliphatic hydroxyl groups excluding tert-OH is 1. The van der Waals surface area contributed by atoms with E-state index in [2.05, 4.69) is 4.98 Å². The molecule has 0 unspecified atom stereocenters. The molecule has 0 aliphatic carbocycles. The van der Waals surface area contributed by atoms with Gasteiger partial charge in [-0.2, -0.15) is 0 Å². The smallest absolute Gasteiger partial charge is 0.181 e. The third-order valence-corrected chi connectivity index (χ3v) is 1.90. The van der Waals surface area contributed by atoms with Crippen molar-refractivity contribution in [2.45, 2.75) is 6.61 Å². The van der Waals surface area contributed by atoms with E-state index in [1.807, 2.05) is 24.3 Å². The third-order valence-electron chi connectivity index (χ3n) is 1.90. The van der Waals surface area contributed by atoms with E-state index in [-0.39, 0.29) is 6.61 Å². The molecule has 0 saturated heterocycles. The summed E-state index contributed by atoms with van der Waals surface area (Å²) in [7, 11) is 0. The molecule has 0 atom stereocenters. The number of rotatable bonds is 2. The van der Waals surface area contributed by atoms with E-state index in [0.717, 1.165) is 16.8 Å². The van der Waals surface area contributed by atoms with Gasteiger partial charge in [0.15, 0.2) is 6.39 Å². The molecular weight excluding hydrogens is 166 g/mol. The Kier molecular flexibility index (Phi) is 2.10. The molecular formula is C10H9NO2. The fraction of sp³-hybridized carbons (Fsp3) is 0.100. The molecule has 0 aliphatic rings. The van der Waals surface area contributed by atoms with E-state index < -0.39 is 0 Å². The van der Waals surface area contributed by atoms with Crippen LogP contribution in [0.15, 0.2) is 41.3 Å². The fourth-order valence-electron chi connectivity index (χ4n) is 1.25. The third kappa shape index (κ3) is 1.46. The minimum atomic E-state index is 0.0169. The number of oxazole rings is 1. The molecule has 2 rings (SSSR count). The van der Waals surface area contributed by atoms with Crippen molar-refractivity contribution in [3.05, 3.63) is 42.5 Å². The van der Waals surface area contributed by atoms with Gasteiger partial charge in [-0.3, -0.25) is 0 Å². The summed E-state index contributed by atoms with van der Waals surface area (Å²) < 4.78 is 4.88. The average molecular weight is 175 g/mol. The van der Waals surface area contributed by atoms with E-state index >= 15 is 0 Å². The highest BCUT2D eigenvalue weighted by atomic mass is 16.3. The maximum absolute atomic E-state index is 9.06. The van der Waals surface area contributed by atoms with Crippen LogP contribution >= 0.6 is 0 Å². The SMILES string of the molecule is OCc1ccccc1-c1cocn1. The minimum Gasteiger partial charge on any atom is -0.451 e. The molecule has 3 heteroatoms. The van der Waals surface area contributed by atoms with Crippen molar-refractivity contribution in [2.24, 2.45) is 0 Å². The lowest BCUT2D eigenvalue weighted by molar-refractivity contribution is 0.282. The van der Waals surface area contributed by atoms with Crippen LogP contribution < -0.4 is 0 Å². The van der Waals surface area contributed by atoms with Crippen LogP contribution in [0.3, 0.4) is 0 Å². The molecule has 0 aliphatic heterocycles. The van der Waals surface area contributed by atoms with Crippen molar-refractivity contribution in [3.63, 3.8) is 0 Å². The van der Waals surface area contributed by atoms with Crippen molar-refractivity contribution >= 4 is 0 Å². The number of nitrogens with zero attached hydrogens (tertiary/aromatic N) is 1. The molecule has 3 nitrogen and oxygen atoms in total. The molecule has 0 radical (unpaired) electrons. The average Bonchev–Trinajstić information content (AvgIpc) is 2.70. The van der Waals surface area contributed by atoms with Crippen LogP contribution in [0.2, 0.25) is 0 Å². The lowest BCUT2D eigenvalue weighted by Crippen LogP contribution is -1.88. The Morgan fingerprint density at radius 2 is 2.15 bits per heavy atom. The van der Waals surface area contributed by atoms with Gasteiger partial charge in [0.1, 0.15) is 12.0 Å². The summed E-state index contributed by atoms with van der Waals surface area (Å²) in [5.74, 6) is 0. The molecule has 0 fully saturated rings. The molecule has 66 valence electrons. The van der Waals surface area contributed by atoms with Gasteiger partial charge in [-0.1, -0.05) is 24.3 Å². The van der Waals surface area contributed by atoms with Crippen molar-refractivity contribution in [1.29, 1.82) is 0 Å². The molecule has 0 amide bonds. The van der Waals surface area contributed by atoms with Gasteiger partial charge in [0.25, 0.3) is 0 Å². The zero-order valence-corrected chi connectivity index (χ0v) is 6.97. The predicted molar refractivity (Wildman–Crippen MR) is 47.9 cm³/mol. The Bertz CT molecular complexity index is 382. The summed E-state index contributed by atoms with van der Waals surface area (Å²) in [5, 5.41) is 9.06. The Morgan fingerprint density at radius 3 is 2.85 bits per heavy atom. The second-order valence-electron chi connectivity index (χ2n) is 2.69. The second kappa shape index (κ2) is 3.41. The maximum atomic E-state index is 9.06. The van der Waals surface area contributed by atoms with Gasteiger partial charge in [0, 0.05) is 5.56 Å². The quantitative estimate of drug-likeness (QED) is 0.757. The Hall–Kier alpha value is -1.61. The number of aliphatic hydroxyl groups is 1. The Labute approximate surface area is 75.7 Å². The Balaban J connectivity index is 2.51. The first-order valence-electron chi connectivity index (χ1n) is 3.99. The van der Waals surface area contributed by atoms with Crippen molar-refractivity contribution in [3.8, 4) is 11.3 Å². The first kappa shape index (κ1) is 8.01. The molecule has 2 aromatic rings. The Morgan fingerprint density at radius 1 is 1.31 bits per heavy atom. The van der Waals surface area contributed by atoms with Gasteiger partial charge in [0.05, 0.1) is 6.61 Å². The predicted octanol–water partition coefficient (Wildman–Crippen LogP) is 1.83. The van der Waals surface area contributed by atoms with Crippen LogP contribution in [-0.4, -0.2) is 10.1 Å². The highest BCUT2D eigenvalue weighted by molar-refractivity contribution is 5.62. The number of aromatic nitrogens is 1. The van der Waals surface area contributed by atoms with Crippen LogP contribution in [-0.2, 0) is 6.61 Å². The monoisotopic (exact) mass is 175 g/mol. The number of hydrogen-bond donors (Lipinski definition) is 1. The molecule has 1 N–H and O–H groups in total. The lowest BCUT2D eigenvalue weighted by atomic mass is 10.1. The van der Waals surface area contributed by atoms with Gasteiger partial charge in [0.2, 0.25) is 0 Å². The molecule has 0 saturated carbocycles. The normalized spacial score (nSPS) is 10.2. The molecule has 0 bridgehead atoms. The molecule has 0 spiro atoms. The van der Waals surface area contributed by atoms with Gasteiger partial charge >= 0.3 is 0 Å². The molecule has 1 heterocycles. The summed E-state index contributed by atoms with van der Waals surface area (Å²) >= 11 is 0. The van der Waals surface area contributed by atoms with E-state index in [9.17, 15) is 0 Å². The van der Waals surface area contributed by atoms with Gasteiger partial charge in [-0.05, 0) is 5.56 Å². The van der Waals surface area contributed by atoms with Gasteiger partial charge < -0.3 is 9.52 Å². The summed E-state index contributed by atoms with van der Waals surface area (Å²) in [6.07, 6.45) is 2.94. The van der Waals surface area contributed by atoms with E-state index in [1.54, 1.807) is 6.26 Å². The van der Waals surface area contributed by atoms with Crippen LogP contribution in [0, 0.1) is 0 Å². The highest BCUT2D eigenvalue weighted by Crippen LogP contribution is 2.21. The van der Waals surface area contributed by atoms with Crippen LogP contribution in [0.4, 0.5) is 0 Å². The highest BCUT2D eigenvalue weighted by Gasteiger charge is 2.04. The van der Waals surface area contributed by atoms with Crippen molar-refractivity contribution < 1.29 is 9.52 Å². The summed E-state index contributed by atoms with van der Waals surface area (Å²) in [6.45, 7) is 0.0169. The largest absolute Gasteiger partial charge is 0.451 e. The van der Waals surface area contributed by atoms with Crippen molar-refractivity contribution in [1.82, 2.24) is 4.98 Å². The van der Waals surface area contributed by atoms with Gasteiger partial charge in [-0.15, -0.1) is 0 Å². The summed E-state index contributed by atoms with van der Waals surface area (Å²) in [6, 6.07) is 7.56. The minimum absolute atomic E-state index is 0.0169. The zero-order chi connectivity index (χ0) is 9.10. The first-order valence-corrected chi connectivity index (χ1v) is 3.99. The van der Waals surface area contributed by atoms with Gasteiger partial charge in [-0.25, -0.2) is 4.98 Å². The summed E-state index contributed by atoms with van der Waals surface area (Å²) in [4.78, 5) is 4.02. The van der Waals surface area contributed by atoms with Crippen LogP contribution in [0.1, 0.15) is 5.56 Å². The fourth-order valence-corrected chi connectivity index (χ4v) is 1.25. The molecule has 1 aromatic heterocycles. The number of benzene rings is 1. The van der Waals surface area contributed by atoms with Crippen LogP contribution in [0.25, 0.3) is 11.3 Å². The van der Waals surface area contributed by atoms with Crippen molar-refractivity contribution in [2.75, 3.05) is 0 Å². The first-order chi connectivity index (χ1) is 6.42. The second-order valence-corrected chi connectivity index (χ2v) is 2.69.